The van der Waals surface area contributed by atoms with E-state index in [2.05, 4.69) is 19.2 Å². The Kier molecular flexibility index (Phi) is 7.16. The zero-order chi connectivity index (χ0) is 24.7. The summed E-state index contributed by atoms with van der Waals surface area (Å²) in [6.45, 7) is 4.51. The van der Waals surface area contributed by atoms with E-state index in [1.807, 2.05) is 0 Å². The number of methoxy groups -OCH3 is 1. The quantitative estimate of drug-likeness (QED) is 0.509. The number of alkyl halides is 3. The zero-order valence-electron chi connectivity index (χ0n) is 20.3. The van der Waals surface area contributed by atoms with Crippen molar-refractivity contribution in [3.05, 3.63) is 34.3 Å². The maximum Gasteiger partial charge on any atom is 0.422 e. The van der Waals surface area contributed by atoms with Crippen LogP contribution in [0.4, 0.5) is 13.2 Å². The van der Waals surface area contributed by atoms with Crippen LogP contribution < -0.4 is 10.0 Å². The number of hydrogen-bond acceptors (Lipinski definition) is 4. The van der Waals surface area contributed by atoms with Crippen LogP contribution in [0.15, 0.2) is 12.3 Å². The Morgan fingerprint density at radius 3 is 2.71 bits per heavy atom. The summed E-state index contributed by atoms with van der Waals surface area (Å²) in [6, 6.07) is 1.53. The first kappa shape index (κ1) is 25.2. The molecule has 0 spiro atoms. The van der Waals surface area contributed by atoms with Crippen LogP contribution in [0.2, 0.25) is 0 Å². The lowest BCUT2D eigenvalue weighted by atomic mass is 9.74. The van der Waals surface area contributed by atoms with Crippen molar-refractivity contribution in [2.75, 3.05) is 13.7 Å². The number of aromatic nitrogens is 1. The van der Waals surface area contributed by atoms with Gasteiger partial charge in [-0.1, -0.05) is 26.7 Å². The van der Waals surface area contributed by atoms with E-state index in [1.54, 1.807) is 12.0 Å². The van der Waals surface area contributed by atoms with Gasteiger partial charge in [0.2, 0.25) is 5.91 Å². The van der Waals surface area contributed by atoms with E-state index in [0.717, 1.165) is 31.7 Å². The lowest BCUT2D eigenvalue weighted by Gasteiger charge is -2.39. The largest absolute Gasteiger partial charge is 0.618 e. The second-order valence-electron chi connectivity index (χ2n) is 10.6. The average molecular weight is 484 g/mol. The molecule has 1 aromatic rings. The molecular weight excluding hydrogens is 447 g/mol. The Balaban J connectivity index is 1.50. The fourth-order valence-corrected chi connectivity index (χ4v) is 6.29. The normalized spacial score (nSPS) is 30.0. The van der Waals surface area contributed by atoms with Gasteiger partial charge in [0.25, 0.3) is 0 Å². The molecule has 6 nitrogen and oxygen atoms in total. The van der Waals surface area contributed by atoms with Crippen molar-refractivity contribution in [3.8, 4) is 0 Å². The summed E-state index contributed by atoms with van der Waals surface area (Å²) < 4.78 is 45.7. The lowest BCUT2D eigenvalue weighted by Crippen LogP contribution is -2.51. The predicted molar refractivity (Wildman–Crippen MR) is 121 cm³/mol. The number of ether oxygens (including phenoxy) is 1. The molecule has 34 heavy (non-hydrogen) atoms. The van der Waals surface area contributed by atoms with Crippen molar-refractivity contribution in [2.24, 2.45) is 11.3 Å². The van der Waals surface area contributed by atoms with Gasteiger partial charge in [0, 0.05) is 31.3 Å². The van der Waals surface area contributed by atoms with Crippen LogP contribution in [0.25, 0.3) is 0 Å². The highest BCUT2D eigenvalue weighted by Gasteiger charge is 2.50. The molecular formula is C25H36F3N3O3. The summed E-state index contributed by atoms with van der Waals surface area (Å²) in [6.07, 6.45) is 3.25. The summed E-state index contributed by atoms with van der Waals surface area (Å²) in [4.78, 5) is 15.5. The lowest BCUT2D eigenvalue weighted by molar-refractivity contribution is -0.616. The van der Waals surface area contributed by atoms with Crippen LogP contribution in [0, 0.1) is 16.5 Å². The predicted octanol–water partition coefficient (Wildman–Crippen LogP) is 3.97. The van der Waals surface area contributed by atoms with Gasteiger partial charge >= 0.3 is 6.18 Å². The standard InChI is InChI=1S/C25H36F3N3O3/c1-16(2)24(10-8-19(13-24)29-20-6-4-5-7-22(20)34-3)23(32)30-11-9-21-17(14-30)12-18(15-31(21)33)25(26,27)28/h12,15-16,19-20,22,29H,4-11,13-14H2,1-3H3. The van der Waals surface area contributed by atoms with Gasteiger partial charge in [-0.25, -0.2) is 0 Å². The molecule has 190 valence electrons. The van der Waals surface area contributed by atoms with Crippen LogP contribution in [0.1, 0.15) is 75.6 Å². The van der Waals surface area contributed by atoms with E-state index in [4.69, 9.17) is 4.74 Å². The van der Waals surface area contributed by atoms with Gasteiger partial charge in [0.15, 0.2) is 11.9 Å². The molecule has 4 atom stereocenters. The first-order valence-corrected chi connectivity index (χ1v) is 12.5. The van der Waals surface area contributed by atoms with Crippen LogP contribution in [-0.4, -0.2) is 42.6 Å². The number of amides is 1. The molecule has 2 aliphatic carbocycles. The molecule has 0 saturated heterocycles. The molecule has 0 bridgehead atoms. The van der Waals surface area contributed by atoms with Gasteiger partial charge in [-0.05, 0) is 44.1 Å². The number of carbonyl (C=O) groups excluding carboxylic acids is 1. The first-order chi connectivity index (χ1) is 16.0. The van der Waals surface area contributed by atoms with E-state index in [-0.39, 0.29) is 43.0 Å². The number of rotatable bonds is 5. The number of halogens is 3. The summed E-state index contributed by atoms with van der Waals surface area (Å²) in [7, 11) is 1.76. The van der Waals surface area contributed by atoms with Crippen molar-refractivity contribution in [1.29, 1.82) is 0 Å². The topological polar surface area (TPSA) is 68.5 Å². The fourth-order valence-electron chi connectivity index (χ4n) is 6.29. The third-order valence-electron chi connectivity index (χ3n) is 8.35. The van der Waals surface area contributed by atoms with Gasteiger partial charge in [0.1, 0.15) is 5.56 Å². The minimum Gasteiger partial charge on any atom is -0.618 e. The number of fused-ring (bicyclic) bond motifs is 1. The Bertz CT molecular complexity index is 907. The maximum absolute atomic E-state index is 13.9. The molecule has 1 amide bonds. The molecule has 4 unspecified atom stereocenters. The summed E-state index contributed by atoms with van der Waals surface area (Å²) in [5.41, 5.74) is -0.910. The molecule has 1 aromatic heterocycles. The highest BCUT2D eigenvalue weighted by molar-refractivity contribution is 5.83. The SMILES string of the molecule is COC1CCCCC1NC1CCC(C(=O)N2CCc3c(cc(C(F)(F)F)c[n+]3[O-])C2)(C(C)C)C1. The van der Waals surface area contributed by atoms with E-state index in [9.17, 15) is 23.2 Å². The maximum atomic E-state index is 13.9. The molecule has 2 saturated carbocycles. The molecule has 4 rings (SSSR count). The van der Waals surface area contributed by atoms with Gasteiger partial charge in [-0.2, -0.15) is 17.9 Å². The van der Waals surface area contributed by atoms with Gasteiger partial charge < -0.3 is 20.2 Å². The highest BCUT2D eigenvalue weighted by atomic mass is 19.4. The summed E-state index contributed by atoms with van der Waals surface area (Å²) in [5.74, 6) is 0.1000. The highest BCUT2D eigenvalue weighted by Crippen LogP contribution is 2.47. The van der Waals surface area contributed by atoms with Crippen molar-refractivity contribution in [2.45, 2.75) is 96.1 Å². The Morgan fingerprint density at radius 1 is 1.29 bits per heavy atom. The second kappa shape index (κ2) is 9.64. The van der Waals surface area contributed by atoms with Crippen LogP contribution in [0.5, 0.6) is 0 Å². The Labute approximate surface area is 199 Å². The summed E-state index contributed by atoms with van der Waals surface area (Å²) in [5, 5.41) is 16.0. The molecule has 0 aromatic carbocycles. The van der Waals surface area contributed by atoms with Crippen LogP contribution in [-0.2, 0) is 28.7 Å². The molecule has 1 N–H and O–H groups in total. The second-order valence-corrected chi connectivity index (χ2v) is 10.6. The van der Waals surface area contributed by atoms with E-state index in [1.165, 1.54) is 12.8 Å². The average Bonchev–Trinajstić information content (AvgIpc) is 3.23. The third kappa shape index (κ3) is 4.78. The van der Waals surface area contributed by atoms with E-state index < -0.39 is 17.2 Å². The first-order valence-electron chi connectivity index (χ1n) is 12.5. The van der Waals surface area contributed by atoms with E-state index >= 15 is 0 Å². The fraction of sp³-hybridized carbons (Fsp3) is 0.760. The minimum absolute atomic E-state index is 0.000698. The Morgan fingerprint density at radius 2 is 2.03 bits per heavy atom. The zero-order valence-corrected chi connectivity index (χ0v) is 20.3. The molecule has 3 aliphatic rings. The van der Waals surface area contributed by atoms with Crippen molar-refractivity contribution < 1.29 is 27.4 Å². The number of hydrogen-bond donors (Lipinski definition) is 1. The number of nitrogens with one attached hydrogen (secondary N) is 1. The number of carbonyl (C=O) groups is 1. The van der Waals surface area contributed by atoms with Crippen LogP contribution >= 0.6 is 0 Å². The summed E-state index contributed by atoms with van der Waals surface area (Å²) >= 11 is 0. The smallest absolute Gasteiger partial charge is 0.422 e. The Hall–Kier alpha value is -1.87. The van der Waals surface area contributed by atoms with Gasteiger partial charge in [0.05, 0.1) is 24.5 Å². The van der Waals surface area contributed by atoms with Crippen LogP contribution in [0.3, 0.4) is 0 Å². The molecule has 0 radical (unpaired) electrons. The van der Waals surface area contributed by atoms with Crippen molar-refractivity contribution >= 4 is 5.91 Å². The molecule has 2 fully saturated rings. The van der Waals surface area contributed by atoms with Gasteiger partial charge in [-0.15, -0.1) is 0 Å². The van der Waals surface area contributed by atoms with Crippen molar-refractivity contribution in [3.63, 3.8) is 0 Å². The third-order valence-corrected chi connectivity index (χ3v) is 8.35. The number of pyridine rings is 1. The number of nitrogens with zero attached hydrogens (tertiary/aromatic N) is 2. The monoisotopic (exact) mass is 483 g/mol. The molecule has 9 heteroatoms. The van der Waals surface area contributed by atoms with Gasteiger partial charge in [-0.3, -0.25) is 4.79 Å². The van der Waals surface area contributed by atoms with E-state index in [0.29, 0.717) is 35.2 Å². The molecule has 1 aliphatic heterocycles. The minimum atomic E-state index is -4.60. The van der Waals surface area contributed by atoms with Crippen molar-refractivity contribution in [1.82, 2.24) is 10.2 Å². The molecule has 2 heterocycles.